The zero-order valence-corrected chi connectivity index (χ0v) is 10.8. The van der Waals surface area contributed by atoms with Crippen molar-refractivity contribution in [1.29, 1.82) is 0 Å². The molecule has 0 fully saturated rings. The molecular formula is C9H17N5OS. The molecule has 0 bridgehead atoms. The molecule has 1 aromatic heterocycles. The predicted octanol–water partition coefficient (Wildman–Crippen LogP) is 1.43. The zero-order chi connectivity index (χ0) is 12.0. The molecule has 1 rings (SSSR count). The van der Waals surface area contributed by atoms with E-state index in [1.807, 2.05) is 20.1 Å². The van der Waals surface area contributed by atoms with Gasteiger partial charge in [-0.05, 0) is 20.1 Å². The van der Waals surface area contributed by atoms with Crippen LogP contribution in [0, 0.1) is 0 Å². The Morgan fingerprint density at radius 2 is 1.94 bits per heavy atom. The maximum atomic E-state index is 4.90. The molecule has 90 valence electrons. The first-order chi connectivity index (χ1) is 7.65. The summed E-state index contributed by atoms with van der Waals surface area (Å²) >= 11 is 1.47. The third-order valence-electron chi connectivity index (χ3n) is 1.59. The average Bonchev–Trinajstić information content (AvgIpc) is 2.25. The average molecular weight is 243 g/mol. The van der Waals surface area contributed by atoms with Crippen LogP contribution in [0.25, 0.3) is 0 Å². The molecule has 0 saturated carbocycles. The van der Waals surface area contributed by atoms with E-state index in [0.717, 1.165) is 0 Å². The van der Waals surface area contributed by atoms with Crippen molar-refractivity contribution in [2.45, 2.75) is 25.0 Å². The van der Waals surface area contributed by atoms with Crippen molar-refractivity contribution in [3.05, 3.63) is 0 Å². The van der Waals surface area contributed by atoms with Gasteiger partial charge in [0.25, 0.3) is 0 Å². The molecule has 0 atom stereocenters. The van der Waals surface area contributed by atoms with Crippen LogP contribution < -0.4 is 10.6 Å². The summed E-state index contributed by atoms with van der Waals surface area (Å²) in [6, 6.07) is 0.285. The molecule has 0 aliphatic heterocycles. The summed E-state index contributed by atoms with van der Waals surface area (Å²) in [7, 11) is 1.61. The van der Waals surface area contributed by atoms with E-state index in [0.29, 0.717) is 23.8 Å². The molecule has 2 N–H and O–H groups in total. The van der Waals surface area contributed by atoms with Gasteiger partial charge < -0.3 is 15.4 Å². The molecule has 6 nitrogen and oxygen atoms in total. The van der Waals surface area contributed by atoms with Crippen LogP contribution in [0.15, 0.2) is 5.16 Å². The number of nitrogens with one attached hydrogen (secondary N) is 2. The molecule has 0 unspecified atom stereocenters. The van der Waals surface area contributed by atoms with Crippen LogP contribution in [0.4, 0.5) is 11.9 Å². The van der Waals surface area contributed by atoms with Crippen LogP contribution in [-0.2, 0) is 4.74 Å². The zero-order valence-electron chi connectivity index (χ0n) is 9.94. The summed E-state index contributed by atoms with van der Waals surface area (Å²) in [5.41, 5.74) is 0. The lowest BCUT2D eigenvalue weighted by Crippen LogP contribution is -2.15. The van der Waals surface area contributed by atoms with Gasteiger partial charge in [0.1, 0.15) is 6.73 Å². The lowest BCUT2D eigenvalue weighted by molar-refractivity contribution is 0.220. The highest BCUT2D eigenvalue weighted by atomic mass is 32.2. The Balaban J connectivity index is 2.82. The van der Waals surface area contributed by atoms with Crippen molar-refractivity contribution in [2.24, 2.45) is 0 Å². The quantitative estimate of drug-likeness (QED) is 0.578. The Hall–Kier alpha value is -1.08. The molecule has 7 heteroatoms. The first-order valence-corrected chi connectivity index (χ1v) is 6.17. The molecule has 0 radical (unpaired) electrons. The van der Waals surface area contributed by atoms with Crippen molar-refractivity contribution in [3.63, 3.8) is 0 Å². The van der Waals surface area contributed by atoms with Crippen molar-refractivity contribution in [2.75, 3.05) is 30.7 Å². The van der Waals surface area contributed by atoms with Gasteiger partial charge in [0.05, 0.1) is 0 Å². The summed E-state index contributed by atoms with van der Waals surface area (Å²) in [5, 5.41) is 6.76. The molecule has 0 aliphatic carbocycles. The number of hydrogen-bond acceptors (Lipinski definition) is 7. The normalized spacial score (nSPS) is 10.6. The Kier molecular flexibility index (Phi) is 5.27. The van der Waals surface area contributed by atoms with Gasteiger partial charge in [-0.25, -0.2) is 0 Å². The summed E-state index contributed by atoms with van der Waals surface area (Å²) in [6.45, 7) is 4.44. The summed E-state index contributed by atoms with van der Waals surface area (Å²) in [5.74, 6) is 1.09. The van der Waals surface area contributed by atoms with E-state index < -0.39 is 0 Å². The van der Waals surface area contributed by atoms with Gasteiger partial charge >= 0.3 is 0 Å². The number of nitrogens with zero attached hydrogens (tertiary/aromatic N) is 3. The standard InChI is InChI=1S/C9H17N5OS/c1-6(2)11-8-12-7(10-5-15-3)13-9(14-8)16-4/h6H,5H2,1-4H3,(H2,10,11,12,13,14). The van der Waals surface area contributed by atoms with Crippen LogP contribution in [0.1, 0.15) is 13.8 Å². The lowest BCUT2D eigenvalue weighted by atomic mass is 10.4. The number of hydrogen-bond donors (Lipinski definition) is 2. The van der Waals surface area contributed by atoms with E-state index in [9.17, 15) is 0 Å². The topological polar surface area (TPSA) is 72.0 Å². The maximum absolute atomic E-state index is 4.90. The first-order valence-electron chi connectivity index (χ1n) is 4.95. The third-order valence-corrected chi connectivity index (χ3v) is 2.14. The van der Waals surface area contributed by atoms with Crippen LogP contribution in [0.3, 0.4) is 0 Å². The fraction of sp³-hybridized carbons (Fsp3) is 0.667. The number of ether oxygens (including phenoxy) is 1. The van der Waals surface area contributed by atoms with Crippen LogP contribution in [0.5, 0.6) is 0 Å². The van der Waals surface area contributed by atoms with Gasteiger partial charge in [-0.2, -0.15) is 15.0 Å². The molecule has 0 aromatic carbocycles. The van der Waals surface area contributed by atoms with E-state index in [1.165, 1.54) is 11.8 Å². The number of thioether (sulfide) groups is 1. The van der Waals surface area contributed by atoms with Crippen molar-refractivity contribution >= 4 is 23.7 Å². The van der Waals surface area contributed by atoms with Crippen molar-refractivity contribution in [1.82, 2.24) is 15.0 Å². The monoisotopic (exact) mass is 243 g/mol. The number of rotatable bonds is 6. The van der Waals surface area contributed by atoms with E-state index >= 15 is 0 Å². The van der Waals surface area contributed by atoms with E-state index in [4.69, 9.17) is 4.74 Å². The largest absolute Gasteiger partial charge is 0.364 e. The Morgan fingerprint density at radius 3 is 2.50 bits per heavy atom. The fourth-order valence-electron chi connectivity index (χ4n) is 0.986. The number of anilines is 2. The number of aromatic nitrogens is 3. The lowest BCUT2D eigenvalue weighted by Gasteiger charge is -2.10. The highest BCUT2D eigenvalue weighted by Gasteiger charge is 2.06. The molecule has 16 heavy (non-hydrogen) atoms. The molecule has 0 amide bonds. The number of methoxy groups -OCH3 is 1. The maximum Gasteiger partial charge on any atom is 0.230 e. The Bertz CT molecular complexity index is 334. The summed E-state index contributed by atoms with van der Waals surface area (Å²) in [6.07, 6.45) is 1.93. The van der Waals surface area contributed by atoms with E-state index in [1.54, 1.807) is 7.11 Å². The highest BCUT2D eigenvalue weighted by molar-refractivity contribution is 7.98. The smallest absolute Gasteiger partial charge is 0.230 e. The Labute approximate surface area is 99.6 Å². The van der Waals surface area contributed by atoms with Crippen molar-refractivity contribution in [3.8, 4) is 0 Å². The highest BCUT2D eigenvalue weighted by Crippen LogP contribution is 2.13. The van der Waals surface area contributed by atoms with Gasteiger partial charge in [0.15, 0.2) is 5.16 Å². The molecule has 0 spiro atoms. The van der Waals surface area contributed by atoms with Gasteiger partial charge in [-0.1, -0.05) is 11.8 Å². The molecule has 0 saturated heterocycles. The third kappa shape index (κ3) is 4.19. The van der Waals surface area contributed by atoms with Gasteiger partial charge in [0.2, 0.25) is 11.9 Å². The minimum absolute atomic E-state index is 0.285. The first kappa shape index (κ1) is 13.0. The van der Waals surface area contributed by atoms with Crippen LogP contribution in [0.2, 0.25) is 0 Å². The minimum Gasteiger partial charge on any atom is -0.364 e. The molecule has 0 aliphatic rings. The second kappa shape index (κ2) is 6.49. The second-order valence-corrected chi connectivity index (χ2v) is 4.15. The summed E-state index contributed by atoms with van der Waals surface area (Å²) in [4.78, 5) is 12.7. The minimum atomic E-state index is 0.285. The molecule has 1 heterocycles. The van der Waals surface area contributed by atoms with E-state index in [2.05, 4.69) is 25.6 Å². The van der Waals surface area contributed by atoms with Gasteiger partial charge in [0, 0.05) is 13.2 Å². The Morgan fingerprint density at radius 1 is 1.25 bits per heavy atom. The van der Waals surface area contributed by atoms with Gasteiger partial charge in [-0.15, -0.1) is 0 Å². The summed E-state index contributed by atoms with van der Waals surface area (Å²) < 4.78 is 4.90. The second-order valence-electron chi connectivity index (χ2n) is 3.38. The van der Waals surface area contributed by atoms with Crippen molar-refractivity contribution < 1.29 is 4.74 Å². The van der Waals surface area contributed by atoms with Crippen LogP contribution >= 0.6 is 11.8 Å². The molecular weight excluding hydrogens is 226 g/mol. The fourth-order valence-corrected chi connectivity index (χ4v) is 1.34. The van der Waals surface area contributed by atoms with Gasteiger partial charge in [-0.3, -0.25) is 0 Å². The van der Waals surface area contributed by atoms with Crippen LogP contribution in [-0.4, -0.2) is 41.1 Å². The van der Waals surface area contributed by atoms with E-state index in [-0.39, 0.29) is 6.04 Å². The SMILES string of the molecule is COCNc1nc(NC(C)C)nc(SC)n1. The molecule has 1 aromatic rings. The predicted molar refractivity (Wildman–Crippen MR) is 65.9 cm³/mol.